The molecule has 0 atom stereocenters. The number of imidazole rings is 1. The first-order valence-electron chi connectivity index (χ1n) is 4.70. The Kier molecular flexibility index (Phi) is 2.65. The zero-order chi connectivity index (χ0) is 12.4. The van der Waals surface area contributed by atoms with E-state index in [2.05, 4.69) is 15.3 Å². The van der Waals surface area contributed by atoms with E-state index in [-0.39, 0.29) is 11.4 Å². The summed E-state index contributed by atoms with van der Waals surface area (Å²) in [7, 11) is 0. The van der Waals surface area contributed by atoms with Gasteiger partial charge in [-0.25, -0.2) is 9.18 Å². The average molecular weight is 236 g/mol. The number of benzene rings is 1. The number of carbonyl (C=O) groups excluding carboxylic acids is 1. The maximum atomic E-state index is 13.3. The van der Waals surface area contributed by atoms with Gasteiger partial charge in [-0.3, -0.25) is 4.79 Å². The second kappa shape index (κ2) is 4.12. The molecule has 1 aromatic carbocycles. The zero-order valence-corrected chi connectivity index (χ0v) is 8.58. The Morgan fingerprint density at radius 3 is 2.82 bits per heavy atom. The van der Waals surface area contributed by atoms with Gasteiger partial charge in [0.05, 0.1) is 5.69 Å². The van der Waals surface area contributed by atoms with Crippen LogP contribution in [0.2, 0.25) is 0 Å². The number of nitrogens with one attached hydrogen (secondary N) is 3. The van der Waals surface area contributed by atoms with Gasteiger partial charge in [-0.05, 0) is 18.2 Å². The van der Waals surface area contributed by atoms with Crippen molar-refractivity contribution in [2.75, 3.05) is 11.1 Å². The zero-order valence-electron chi connectivity index (χ0n) is 8.58. The monoisotopic (exact) mass is 236 g/mol. The molecule has 0 fully saturated rings. The molecule has 1 aromatic heterocycles. The average Bonchev–Trinajstić information content (AvgIpc) is 2.70. The van der Waals surface area contributed by atoms with Crippen molar-refractivity contribution in [1.29, 1.82) is 0 Å². The van der Waals surface area contributed by atoms with Gasteiger partial charge in [-0.1, -0.05) is 0 Å². The maximum Gasteiger partial charge on any atom is 0.323 e. The molecule has 0 saturated carbocycles. The smallest absolute Gasteiger partial charge is 0.323 e. The molecule has 0 aliphatic carbocycles. The Morgan fingerprint density at radius 2 is 2.18 bits per heavy atom. The van der Waals surface area contributed by atoms with Gasteiger partial charge >= 0.3 is 5.69 Å². The van der Waals surface area contributed by atoms with Gasteiger partial charge in [0.2, 0.25) is 0 Å². The van der Waals surface area contributed by atoms with E-state index in [0.717, 1.165) is 6.07 Å². The number of rotatable bonds is 2. The summed E-state index contributed by atoms with van der Waals surface area (Å²) >= 11 is 0. The number of H-pyrrole nitrogens is 2. The Morgan fingerprint density at radius 1 is 1.41 bits per heavy atom. The van der Waals surface area contributed by atoms with Crippen LogP contribution in [-0.4, -0.2) is 15.9 Å². The third-order valence-electron chi connectivity index (χ3n) is 2.08. The van der Waals surface area contributed by atoms with Crippen LogP contribution in [0.4, 0.5) is 15.8 Å². The molecule has 0 radical (unpaired) electrons. The van der Waals surface area contributed by atoms with Gasteiger partial charge < -0.3 is 21.0 Å². The maximum absolute atomic E-state index is 13.3. The lowest BCUT2D eigenvalue weighted by atomic mass is 10.2. The molecule has 6 nitrogen and oxygen atoms in total. The van der Waals surface area contributed by atoms with E-state index in [1.54, 1.807) is 0 Å². The van der Waals surface area contributed by atoms with E-state index >= 15 is 0 Å². The molecule has 0 aliphatic heterocycles. The molecule has 0 saturated heterocycles. The van der Waals surface area contributed by atoms with Gasteiger partial charge in [0.1, 0.15) is 11.5 Å². The van der Waals surface area contributed by atoms with Crippen molar-refractivity contribution in [3.05, 3.63) is 46.4 Å². The molecule has 0 unspecified atom stereocenters. The number of anilines is 2. The quantitative estimate of drug-likeness (QED) is 0.576. The van der Waals surface area contributed by atoms with Crippen molar-refractivity contribution >= 4 is 17.3 Å². The third-order valence-corrected chi connectivity index (χ3v) is 2.08. The highest BCUT2D eigenvalue weighted by Gasteiger charge is 2.11. The SMILES string of the molecule is Nc1ccc(F)c(NC(=O)c2c[nH]c(=O)[nH]2)c1. The summed E-state index contributed by atoms with van der Waals surface area (Å²) in [5.74, 6) is -1.24. The van der Waals surface area contributed by atoms with Gasteiger partial charge in [0.25, 0.3) is 5.91 Å². The van der Waals surface area contributed by atoms with Gasteiger partial charge in [-0.2, -0.15) is 0 Å². The first kappa shape index (κ1) is 10.9. The van der Waals surface area contributed by atoms with Crippen LogP contribution < -0.4 is 16.7 Å². The summed E-state index contributed by atoms with van der Waals surface area (Å²) in [6, 6.07) is 3.81. The van der Waals surface area contributed by atoms with Crippen LogP contribution in [0, 0.1) is 5.82 Å². The number of halogens is 1. The van der Waals surface area contributed by atoms with Crippen LogP contribution in [0.5, 0.6) is 0 Å². The molecule has 88 valence electrons. The topological polar surface area (TPSA) is 104 Å². The highest BCUT2D eigenvalue weighted by atomic mass is 19.1. The Balaban J connectivity index is 2.24. The molecular weight excluding hydrogens is 227 g/mol. The molecule has 1 heterocycles. The van der Waals surface area contributed by atoms with Crippen molar-refractivity contribution in [2.45, 2.75) is 0 Å². The Bertz CT molecular complexity index is 617. The fourth-order valence-electron chi connectivity index (χ4n) is 1.28. The van der Waals surface area contributed by atoms with Crippen LogP contribution in [0.25, 0.3) is 0 Å². The van der Waals surface area contributed by atoms with Gasteiger partial charge in [0.15, 0.2) is 0 Å². The van der Waals surface area contributed by atoms with E-state index in [4.69, 9.17) is 5.73 Å². The van der Waals surface area contributed by atoms with E-state index in [9.17, 15) is 14.0 Å². The van der Waals surface area contributed by atoms with E-state index < -0.39 is 17.4 Å². The first-order chi connectivity index (χ1) is 8.06. The normalized spacial score (nSPS) is 10.2. The minimum atomic E-state index is -0.632. The lowest BCUT2D eigenvalue weighted by Crippen LogP contribution is -2.15. The van der Waals surface area contributed by atoms with Gasteiger partial charge in [0, 0.05) is 11.9 Å². The molecule has 17 heavy (non-hydrogen) atoms. The van der Waals surface area contributed by atoms with E-state index in [1.807, 2.05) is 0 Å². The van der Waals surface area contributed by atoms with Crippen LogP contribution in [-0.2, 0) is 0 Å². The molecule has 0 bridgehead atoms. The van der Waals surface area contributed by atoms with Crippen molar-refractivity contribution in [3.63, 3.8) is 0 Å². The minimum Gasteiger partial charge on any atom is -0.399 e. The molecule has 5 N–H and O–H groups in total. The second-order valence-electron chi connectivity index (χ2n) is 3.35. The largest absolute Gasteiger partial charge is 0.399 e. The third kappa shape index (κ3) is 2.33. The number of amides is 1. The predicted molar refractivity (Wildman–Crippen MR) is 60.2 cm³/mol. The molecule has 1 amide bonds. The number of aromatic nitrogens is 2. The summed E-state index contributed by atoms with van der Waals surface area (Å²) in [6.45, 7) is 0. The minimum absolute atomic E-state index is 0.0109. The summed E-state index contributed by atoms with van der Waals surface area (Å²) < 4.78 is 13.3. The van der Waals surface area contributed by atoms with Gasteiger partial charge in [-0.15, -0.1) is 0 Å². The summed E-state index contributed by atoms with van der Waals surface area (Å²) in [6.07, 6.45) is 1.20. The van der Waals surface area contributed by atoms with Crippen molar-refractivity contribution in [2.24, 2.45) is 0 Å². The Hall–Kier alpha value is -2.57. The lowest BCUT2D eigenvalue weighted by molar-refractivity contribution is 0.102. The summed E-state index contributed by atoms with van der Waals surface area (Å²) in [4.78, 5) is 26.9. The highest BCUT2D eigenvalue weighted by Crippen LogP contribution is 2.17. The highest BCUT2D eigenvalue weighted by molar-refractivity contribution is 6.02. The van der Waals surface area contributed by atoms with Crippen molar-refractivity contribution in [3.8, 4) is 0 Å². The molecule has 2 aromatic rings. The fourth-order valence-corrected chi connectivity index (χ4v) is 1.28. The second-order valence-corrected chi connectivity index (χ2v) is 3.35. The Labute approximate surface area is 94.7 Å². The predicted octanol–water partition coefficient (Wildman–Crippen LogP) is 0.677. The lowest BCUT2D eigenvalue weighted by Gasteiger charge is -2.05. The number of hydrogen-bond donors (Lipinski definition) is 4. The number of aromatic amines is 2. The number of nitrogen functional groups attached to an aromatic ring is 1. The van der Waals surface area contributed by atoms with Crippen LogP contribution >= 0.6 is 0 Å². The van der Waals surface area contributed by atoms with E-state index in [1.165, 1.54) is 18.3 Å². The van der Waals surface area contributed by atoms with Crippen molar-refractivity contribution < 1.29 is 9.18 Å². The summed E-state index contributed by atoms with van der Waals surface area (Å²) in [5, 5.41) is 2.30. The number of carbonyl (C=O) groups is 1. The fraction of sp³-hybridized carbons (Fsp3) is 0. The molecular formula is C10H9FN4O2. The molecule has 0 aliphatic rings. The van der Waals surface area contributed by atoms with Crippen molar-refractivity contribution in [1.82, 2.24) is 9.97 Å². The number of nitrogens with two attached hydrogens (primary N) is 1. The van der Waals surface area contributed by atoms with E-state index in [0.29, 0.717) is 5.69 Å². The molecule has 0 spiro atoms. The molecule has 2 rings (SSSR count). The summed E-state index contributed by atoms with van der Waals surface area (Å²) in [5.41, 5.74) is 5.24. The van der Waals surface area contributed by atoms with Crippen LogP contribution in [0.1, 0.15) is 10.5 Å². The molecule has 7 heteroatoms. The number of hydrogen-bond acceptors (Lipinski definition) is 3. The first-order valence-corrected chi connectivity index (χ1v) is 4.70. The standard InChI is InChI=1S/C10H9FN4O2/c11-6-2-1-5(12)3-7(6)14-9(16)8-4-13-10(17)15-8/h1-4H,12H2,(H,14,16)(H2,13,15,17). The van der Waals surface area contributed by atoms with Crippen LogP contribution in [0.3, 0.4) is 0 Å². The van der Waals surface area contributed by atoms with Crippen LogP contribution in [0.15, 0.2) is 29.2 Å².